The van der Waals surface area contributed by atoms with Gasteiger partial charge in [-0.25, -0.2) is 4.98 Å². The number of carbonyl (C=O) groups excluding carboxylic acids is 1. The quantitative estimate of drug-likeness (QED) is 0.682. The summed E-state index contributed by atoms with van der Waals surface area (Å²) in [7, 11) is 0. The Morgan fingerprint density at radius 2 is 2.09 bits per heavy atom. The summed E-state index contributed by atoms with van der Waals surface area (Å²) in [6.45, 7) is 2.03. The first-order valence-electron chi connectivity index (χ1n) is 7.73. The number of aromatic nitrogens is 2. The molecule has 0 aliphatic heterocycles. The molecule has 0 fully saturated rings. The lowest BCUT2D eigenvalue weighted by atomic mass is 9.97. The highest BCUT2D eigenvalue weighted by molar-refractivity contribution is 7.18. The van der Waals surface area contributed by atoms with E-state index < -0.39 is 0 Å². The molecule has 3 heterocycles. The van der Waals surface area contributed by atoms with Crippen LogP contribution in [0.4, 0.5) is 0 Å². The van der Waals surface area contributed by atoms with E-state index in [0.717, 1.165) is 34.4 Å². The second kappa shape index (κ2) is 5.69. The topological polar surface area (TPSA) is 52.0 Å². The summed E-state index contributed by atoms with van der Waals surface area (Å²) >= 11 is 3.10. The van der Waals surface area contributed by atoms with E-state index in [9.17, 15) is 9.59 Å². The lowest BCUT2D eigenvalue weighted by Crippen LogP contribution is -2.24. The maximum atomic E-state index is 12.8. The number of carbonyl (C=O) groups is 1. The van der Waals surface area contributed by atoms with Gasteiger partial charge in [0.05, 0.1) is 23.1 Å². The molecule has 118 valence electrons. The third-order valence-electron chi connectivity index (χ3n) is 4.27. The summed E-state index contributed by atoms with van der Waals surface area (Å²) in [5.41, 5.74) is 1.10. The molecule has 4 rings (SSSR count). The minimum absolute atomic E-state index is 0.0320. The van der Waals surface area contributed by atoms with Crippen molar-refractivity contribution in [2.45, 2.75) is 39.2 Å². The number of Topliss-reactive ketones (excluding diaryl/α,β-unsaturated/α-hetero) is 1. The van der Waals surface area contributed by atoms with Crippen molar-refractivity contribution in [1.82, 2.24) is 9.55 Å². The fourth-order valence-corrected chi connectivity index (χ4v) is 5.13. The molecular formula is C17H16N2O2S2. The molecule has 3 aromatic heterocycles. The monoisotopic (exact) mass is 344 g/mol. The first-order valence-corrected chi connectivity index (χ1v) is 9.36. The van der Waals surface area contributed by atoms with Crippen molar-refractivity contribution in [3.63, 3.8) is 0 Å². The minimum atomic E-state index is -0.0731. The Morgan fingerprint density at radius 1 is 1.26 bits per heavy atom. The molecule has 1 aliphatic rings. The predicted molar refractivity (Wildman–Crippen MR) is 93.9 cm³/mol. The van der Waals surface area contributed by atoms with E-state index in [4.69, 9.17) is 0 Å². The van der Waals surface area contributed by atoms with Crippen molar-refractivity contribution in [2.75, 3.05) is 0 Å². The standard InChI is InChI=1S/C17H16N2O2S2/c1-10-6-7-14(22-10)12(20)8-19-9-18-16-15(17(19)21)11-4-2-3-5-13(11)23-16/h6-7,9H,2-5,8H2,1H3. The molecule has 0 saturated heterocycles. The summed E-state index contributed by atoms with van der Waals surface area (Å²) in [5, 5.41) is 0.738. The van der Waals surface area contributed by atoms with Gasteiger partial charge in [-0.15, -0.1) is 22.7 Å². The van der Waals surface area contributed by atoms with Crippen LogP contribution in [0.5, 0.6) is 0 Å². The number of rotatable bonds is 3. The number of ketones is 1. The molecule has 6 heteroatoms. The summed E-state index contributed by atoms with van der Waals surface area (Å²) in [6, 6.07) is 3.75. The molecule has 3 aromatic rings. The maximum Gasteiger partial charge on any atom is 0.262 e. The summed E-state index contributed by atoms with van der Waals surface area (Å²) in [4.78, 5) is 33.5. The number of hydrogen-bond acceptors (Lipinski definition) is 5. The van der Waals surface area contributed by atoms with Crippen LogP contribution in [0.25, 0.3) is 10.2 Å². The van der Waals surface area contributed by atoms with E-state index in [1.54, 1.807) is 11.3 Å². The van der Waals surface area contributed by atoms with Crippen LogP contribution in [0.3, 0.4) is 0 Å². The Hall–Kier alpha value is -1.79. The van der Waals surface area contributed by atoms with E-state index in [1.807, 2.05) is 19.1 Å². The van der Waals surface area contributed by atoms with E-state index in [-0.39, 0.29) is 17.9 Å². The number of aryl methyl sites for hydroxylation is 3. The average Bonchev–Trinajstić information content (AvgIpc) is 3.13. The fraction of sp³-hybridized carbons (Fsp3) is 0.353. The van der Waals surface area contributed by atoms with Crippen molar-refractivity contribution in [3.05, 3.63) is 49.0 Å². The molecule has 0 saturated carbocycles. The second-order valence-corrected chi connectivity index (χ2v) is 8.27. The van der Waals surface area contributed by atoms with Gasteiger partial charge in [-0.3, -0.25) is 14.2 Å². The zero-order chi connectivity index (χ0) is 16.0. The number of fused-ring (bicyclic) bond motifs is 3. The summed E-state index contributed by atoms with van der Waals surface area (Å²) in [5.74, 6) is -0.0320. The molecular weight excluding hydrogens is 328 g/mol. The molecule has 0 spiro atoms. The van der Waals surface area contributed by atoms with Crippen LogP contribution in [0.2, 0.25) is 0 Å². The van der Waals surface area contributed by atoms with Gasteiger partial charge in [0.15, 0.2) is 5.78 Å². The van der Waals surface area contributed by atoms with Crippen molar-refractivity contribution >= 4 is 38.7 Å². The van der Waals surface area contributed by atoms with Gasteiger partial charge in [0.2, 0.25) is 0 Å². The molecule has 0 atom stereocenters. The van der Waals surface area contributed by atoms with Crippen LogP contribution in [-0.2, 0) is 19.4 Å². The van der Waals surface area contributed by atoms with E-state index in [1.165, 1.54) is 39.1 Å². The van der Waals surface area contributed by atoms with Crippen LogP contribution in [0, 0.1) is 6.92 Å². The summed E-state index contributed by atoms with van der Waals surface area (Å²) < 4.78 is 1.46. The lowest BCUT2D eigenvalue weighted by Gasteiger charge is -2.10. The fourth-order valence-electron chi connectivity index (χ4n) is 3.11. The second-order valence-electron chi connectivity index (χ2n) is 5.90. The number of hydrogen-bond donors (Lipinski definition) is 0. The molecule has 23 heavy (non-hydrogen) atoms. The van der Waals surface area contributed by atoms with Gasteiger partial charge >= 0.3 is 0 Å². The SMILES string of the molecule is Cc1ccc(C(=O)Cn2cnc3sc4c(c3c2=O)CCCC4)s1. The molecule has 0 N–H and O–H groups in total. The van der Waals surface area contributed by atoms with Gasteiger partial charge in [0, 0.05) is 9.75 Å². The molecule has 0 radical (unpaired) electrons. The minimum Gasteiger partial charge on any atom is -0.291 e. The molecule has 0 aromatic carbocycles. The van der Waals surface area contributed by atoms with Gasteiger partial charge in [0.25, 0.3) is 5.56 Å². The van der Waals surface area contributed by atoms with E-state index in [2.05, 4.69) is 4.98 Å². The van der Waals surface area contributed by atoms with Gasteiger partial charge in [0.1, 0.15) is 4.83 Å². The van der Waals surface area contributed by atoms with Crippen LogP contribution in [0.15, 0.2) is 23.3 Å². The van der Waals surface area contributed by atoms with Crippen LogP contribution in [-0.4, -0.2) is 15.3 Å². The molecule has 0 amide bonds. The van der Waals surface area contributed by atoms with E-state index >= 15 is 0 Å². The Labute approximate surface area is 141 Å². The van der Waals surface area contributed by atoms with Crippen molar-refractivity contribution < 1.29 is 4.79 Å². The number of thiophene rings is 2. The zero-order valence-corrected chi connectivity index (χ0v) is 14.4. The molecule has 4 nitrogen and oxygen atoms in total. The largest absolute Gasteiger partial charge is 0.291 e. The van der Waals surface area contributed by atoms with Crippen molar-refractivity contribution in [2.24, 2.45) is 0 Å². The van der Waals surface area contributed by atoms with Crippen LogP contribution in [0.1, 0.15) is 37.8 Å². The first kappa shape index (κ1) is 14.8. The van der Waals surface area contributed by atoms with Crippen LogP contribution < -0.4 is 5.56 Å². The molecule has 0 unspecified atom stereocenters. The normalized spacial score (nSPS) is 14.1. The highest BCUT2D eigenvalue weighted by Gasteiger charge is 2.20. The lowest BCUT2D eigenvalue weighted by molar-refractivity contribution is 0.0974. The molecule has 0 bridgehead atoms. The Kier molecular flexibility index (Phi) is 3.66. The third kappa shape index (κ3) is 2.56. The summed E-state index contributed by atoms with van der Waals surface area (Å²) in [6.07, 6.45) is 5.83. The van der Waals surface area contributed by atoms with Gasteiger partial charge in [-0.2, -0.15) is 0 Å². The van der Waals surface area contributed by atoms with Gasteiger partial charge in [-0.05, 0) is 50.3 Å². The number of nitrogens with zero attached hydrogens (tertiary/aromatic N) is 2. The zero-order valence-electron chi connectivity index (χ0n) is 12.8. The predicted octanol–water partition coefficient (Wildman–Crippen LogP) is 3.59. The Morgan fingerprint density at radius 3 is 2.87 bits per heavy atom. The first-order chi connectivity index (χ1) is 11.1. The average molecular weight is 344 g/mol. The smallest absolute Gasteiger partial charge is 0.262 e. The maximum absolute atomic E-state index is 12.8. The molecule has 1 aliphatic carbocycles. The van der Waals surface area contributed by atoms with Crippen molar-refractivity contribution in [3.8, 4) is 0 Å². The van der Waals surface area contributed by atoms with Crippen LogP contribution >= 0.6 is 22.7 Å². The van der Waals surface area contributed by atoms with Gasteiger partial charge in [-0.1, -0.05) is 0 Å². The van der Waals surface area contributed by atoms with E-state index in [0.29, 0.717) is 4.88 Å². The highest BCUT2D eigenvalue weighted by atomic mass is 32.1. The Balaban J connectivity index is 1.75. The Bertz CT molecular complexity index is 965. The van der Waals surface area contributed by atoms with Crippen molar-refractivity contribution in [1.29, 1.82) is 0 Å². The highest BCUT2D eigenvalue weighted by Crippen LogP contribution is 2.33. The third-order valence-corrected chi connectivity index (χ3v) is 6.51. The van der Waals surface area contributed by atoms with Gasteiger partial charge < -0.3 is 0 Å².